The summed E-state index contributed by atoms with van der Waals surface area (Å²) < 4.78 is 0. The molecule has 2 aromatic rings. The minimum Gasteiger partial charge on any atom is -0.352 e. The van der Waals surface area contributed by atoms with Gasteiger partial charge in [0.15, 0.2) is 0 Å². The second kappa shape index (κ2) is 12.2. The molecular weight excluding hydrogens is 428 g/mol. The number of thioether (sulfide) groups is 1. The summed E-state index contributed by atoms with van der Waals surface area (Å²) >= 11 is 8.04. The smallest absolute Gasteiger partial charge is 0.243 e. The molecule has 4 nitrogen and oxygen atoms in total. The fraction of sp³-hybridized carbons (Fsp3) is 0.440. The third-order valence-electron chi connectivity index (χ3n) is 5.71. The van der Waals surface area contributed by atoms with Crippen LogP contribution in [0.5, 0.6) is 0 Å². The van der Waals surface area contributed by atoms with Crippen molar-refractivity contribution in [2.24, 2.45) is 0 Å². The zero-order chi connectivity index (χ0) is 22.1. The molecule has 0 bridgehead atoms. The van der Waals surface area contributed by atoms with Crippen molar-refractivity contribution in [1.82, 2.24) is 10.2 Å². The highest BCUT2D eigenvalue weighted by atomic mass is 35.5. The van der Waals surface area contributed by atoms with Gasteiger partial charge >= 0.3 is 0 Å². The number of hydrogen-bond donors (Lipinski definition) is 1. The Morgan fingerprint density at radius 2 is 1.77 bits per heavy atom. The largest absolute Gasteiger partial charge is 0.352 e. The number of nitrogens with zero attached hydrogens (tertiary/aromatic N) is 1. The third-order valence-corrected chi connectivity index (χ3v) is 7.10. The number of carbonyl (C=O) groups is 2. The lowest BCUT2D eigenvalue weighted by Crippen LogP contribution is -2.51. The molecule has 166 valence electrons. The minimum atomic E-state index is -0.494. The standard InChI is InChI=1S/C25H31ClN2O2S/c1-2-23(25(30)27-20-11-7-8-12-20)28(18-19-10-6-9-15-22(19)26)24(29)16-17-31-21-13-4-3-5-14-21/h3-6,9-10,13-15,20,23H,2,7-8,11-12,16-18H2,1H3,(H,27,30)/t23-/m0/s1. The SMILES string of the molecule is CC[C@@H](C(=O)NC1CCCC1)N(Cc1ccccc1Cl)C(=O)CCSc1ccccc1. The number of nitrogens with one attached hydrogen (secondary N) is 1. The van der Waals surface area contributed by atoms with Crippen LogP contribution in [0.15, 0.2) is 59.5 Å². The van der Waals surface area contributed by atoms with Crippen molar-refractivity contribution in [1.29, 1.82) is 0 Å². The van der Waals surface area contributed by atoms with Gasteiger partial charge in [-0.15, -0.1) is 11.8 Å². The van der Waals surface area contributed by atoms with Crippen LogP contribution in [0.1, 0.15) is 51.0 Å². The normalized spacial score (nSPS) is 14.9. The van der Waals surface area contributed by atoms with E-state index >= 15 is 0 Å². The van der Waals surface area contributed by atoms with Gasteiger partial charge in [-0.25, -0.2) is 0 Å². The predicted octanol–water partition coefficient (Wildman–Crippen LogP) is 5.69. The molecule has 2 aromatic carbocycles. The summed E-state index contributed by atoms with van der Waals surface area (Å²) in [5.74, 6) is 0.602. The molecule has 2 amide bonds. The summed E-state index contributed by atoms with van der Waals surface area (Å²) in [4.78, 5) is 29.2. The van der Waals surface area contributed by atoms with Gasteiger partial charge in [-0.3, -0.25) is 9.59 Å². The van der Waals surface area contributed by atoms with Crippen LogP contribution in [0.25, 0.3) is 0 Å². The van der Waals surface area contributed by atoms with E-state index in [0.717, 1.165) is 36.1 Å². The van der Waals surface area contributed by atoms with Crippen molar-refractivity contribution < 1.29 is 9.59 Å². The lowest BCUT2D eigenvalue weighted by Gasteiger charge is -2.31. The van der Waals surface area contributed by atoms with Crippen LogP contribution in [-0.2, 0) is 16.1 Å². The highest BCUT2D eigenvalue weighted by Gasteiger charge is 2.30. The molecule has 0 radical (unpaired) electrons. The van der Waals surface area contributed by atoms with Crippen LogP contribution in [0, 0.1) is 0 Å². The maximum Gasteiger partial charge on any atom is 0.243 e. The van der Waals surface area contributed by atoms with Crippen LogP contribution in [0.3, 0.4) is 0 Å². The number of benzene rings is 2. The molecule has 1 fully saturated rings. The topological polar surface area (TPSA) is 49.4 Å². The van der Waals surface area contributed by atoms with Gasteiger partial charge in [0.1, 0.15) is 6.04 Å². The van der Waals surface area contributed by atoms with E-state index in [2.05, 4.69) is 5.32 Å². The molecule has 0 aliphatic heterocycles. The second-order valence-corrected chi connectivity index (χ2v) is 9.51. The van der Waals surface area contributed by atoms with E-state index in [-0.39, 0.29) is 17.9 Å². The number of carbonyl (C=O) groups excluding carboxylic acids is 2. The van der Waals surface area contributed by atoms with Gasteiger partial charge < -0.3 is 10.2 Å². The fourth-order valence-corrected chi connectivity index (χ4v) is 5.07. The Morgan fingerprint density at radius 3 is 2.45 bits per heavy atom. The van der Waals surface area contributed by atoms with E-state index in [9.17, 15) is 9.59 Å². The van der Waals surface area contributed by atoms with Crippen LogP contribution in [0.4, 0.5) is 0 Å². The molecule has 1 atom stereocenters. The average molecular weight is 459 g/mol. The number of halogens is 1. The Morgan fingerprint density at radius 1 is 1.10 bits per heavy atom. The van der Waals surface area contributed by atoms with Crippen LogP contribution >= 0.6 is 23.4 Å². The first-order valence-corrected chi connectivity index (χ1v) is 12.5. The van der Waals surface area contributed by atoms with Crippen molar-refractivity contribution in [2.45, 2.75) is 69.0 Å². The van der Waals surface area contributed by atoms with E-state index < -0.39 is 6.04 Å². The van der Waals surface area contributed by atoms with Crippen molar-refractivity contribution in [2.75, 3.05) is 5.75 Å². The Bertz CT molecular complexity index is 856. The predicted molar refractivity (Wildman–Crippen MR) is 128 cm³/mol. The lowest BCUT2D eigenvalue weighted by atomic mass is 10.1. The maximum absolute atomic E-state index is 13.3. The molecule has 0 aromatic heterocycles. The van der Waals surface area contributed by atoms with E-state index in [1.54, 1.807) is 16.7 Å². The van der Waals surface area contributed by atoms with Crippen LogP contribution < -0.4 is 5.32 Å². The third kappa shape index (κ3) is 7.01. The van der Waals surface area contributed by atoms with Gasteiger partial charge in [-0.2, -0.15) is 0 Å². The van der Waals surface area contributed by atoms with Gasteiger partial charge in [-0.1, -0.05) is 67.8 Å². The first-order chi connectivity index (χ1) is 15.1. The van der Waals surface area contributed by atoms with E-state index in [1.165, 1.54) is 0 Å². The van der Waals surface area contributed by atoms with Gasteiger partial charge in [-0.05, 0) is 43.0 Å². The Hall–Kier alpha value is -1.98. The quantitative estimate of drug-likeness (QED) is 0.465. The summed E-state index contributed by atoms with van der Waals surface area (Å²) in [5.41, 5.74) is 0.861. The zero-order valence-corrected chi connectivity index (χ0v) is 19.6. The Kier molecular flexibility index (Phi) is 9.29. The summed E-state index contributed by atoms with van der Waals surface area (Å²) in [7, 11) is 0. The summed E-state index contributed by atoms with van der Waals surface area (Å²) in [6.45, 7) is 2.30. The van der Waals surface area contributed by atoms with Gasteiger partial charge in [0.05, 0.1) is 0 Å². The molecule has 3 rings (SSSR count). The molecule has 31 heavy (non-hydrogen) atoms. The molecule has 0 unspecified atom stereocenters. The second-order valence-electron chi connectivity index (χ2n) is 7.94. The average Bonchev–Trinajstić information content (AvgIpc) is 3.28. The molecule has 1 saturated carbocycles. The van der Waals surface area contributed by atoms with Gasteiger partial charge in [0, 0.05) is 34.7 Å². The molecule has 6 heteroatoms. The first-order valence-electron chi connectivity index (χ1n) is 11.1. The highest BCUT2D eigenvalue weighted by molar-refractivity contribution is 7.99. The summed E-state index contributed by atoms with van der Waals surface area (Å²) in [5, 5.41) is 3.79. The molecule has 1 aliphatic carbocycles. The number of hydrogen-bond acceptors (Lipinski definition) is 3. The molecule has 0 spiro atoms. The first kappa shape index (κ1) is 23.7. The van der Waals surface area contributed by atoms with Crippen molar-refractivity contribution in [3.63, 3.8) is 0 Å². The van der Waals surface area contributed by atoms with E-state index in [4.69, 9.17) is 11.6 Å². The van der Waals surface area contributed by atoms with E-state index in [1.807, 2.05) is 61.5 Å². The maximum atomic E-state index is 13.3. The molecular formula is C25H31ClN2O2S. The van der Waals surface area contributed by atoms with Crippen LogP contribution in [-0.4, -0.2) is 34.6 Å². The van der Waals surface area contributed by atoms with Crippen LogP contribution in [0.2, 0.25) is 5.02 Å². The molecule has 1 aliphatic rings. The minimum absolute atomic E-state index is 0.0169. The molecule has 1 N–H and O–H groups in total. The highest BCUT2D eigenvalue weighted by Crippen LogP contribution is 2.23. The van der Waals surface area contributed by atoms with Gasteiger partial charge in [0.2, 0.25) is 11.8 Å². The van der Waals surface area contributed by atoms with Crippen molar-refractivity contribution in [3.8, 4) is 0 Å². The van der Waals surface area contributed by atoms with Crippen molar-refractivity contribution in [3.05, 3.63) is 65.2 Å². The lowest BCUT2D eigenvalue weighted by molar-refractivity contribution is -0.141. The Labute approximate surface area is 194 Å². The molecule has 0 saturated heterocycles. The molecule has 0 heterocycles. The monoisotopic (exact) mass is 458 g/mol. The summed E-state index contributed by atoms with van der Waals surface area (Å²) in [6.07, 6.45) is 5.29. The number of rotatable bonds is 10. The Balaban J connectivity index is 1.71. The zero-order valence-electron chi connectivity index (χ0n) is 18.1. The van der Waals surface area contributed by atoms with Gasteiger partial charge in [0.25, 0.3) is 0 Å². The van der Waals surface area contributed by atoms with Crippen molar-refractivity contribution >= 4 is 35.2 Å². The number of amides is 2. The van der Waals surface area contributed by atoms with E-state index in [0.29, 0.717) is 30.2 Å². The summed E-state index contributed by atoms with van der Waals surface area (Å²) in [6, 6.07) is 17.3. The fourth-order valence-electron chi connectivity index (χ4n) is 4.01.